The van der Waals surface area contributed by atoms with Crippen molar-refractivity contribution in [2.75, 3.05) is 13.1 Å². The Morgan fingerprint density at radius 1 is 1.15 bits per heavy atom. The standard InChI is InChI=1S/C21H28FN3O2/c1-13-9-14(4-7-19(13)22)16-10-17-5-6-18(11-16)25(17)20(26)15-3-2-8-24(12-15)21(23)27/h4,7,9,15-18H,2-3,5-6,8,10-12H2,1H3,(H2,23,27)/t15?,16?,17-,18+. The fourth-order valence-corrected chi connectivity index (χ4v) is 5.32. The van der Waals surface area contributed by atoms with Crippen molar-refractivity contribution in [3.05, 3.63) is 35.1 Å². The van der Waals surface area contributed by atoms with Gasteiger partial charge in [0.2, 0.25) is 5.91 Å². The van der Waals surface area contributed by atoms with Crippen molar-refractivity contribution in [1.29, 1.82) is 0 Å². The first kappa shape index (κ1) is 18.3. The molecule has 2 unspecified atom stereocenters. The summed E-state index contributed by atoms with van der Waals surface area (Å²) >= 11 is 0. The monoisotopic (exact) mass is 373 g/mol. The van der Waals surface area contributed by atoms with E-state index in [2.05, 4.69) is 4.90 Å². The number of nitrogens with two attached hydrogens (primary N) is 1. The average molecular weight is 373 g/mol. The van der Waals surface area contributed by atoms with Crippen molar-refractivity contribution in [3.8, 4) is 0 Å². The maximum Gasteiger partial charge on any atom is 0.314 e. The van der Waals surface area contributed by atoms with Crippen molar-refractivity contribution >= 4 is 11.9 Å². The number of halogens is 1. The Balaban J connectivity index is 1.46. The molecule has 3 amide bonds. The smallest absolute Gasteiger partial charge is 0.314 e. The van der Waals surface area contributed by atoms with Gasteiger partial charge in [-0.15, -0.1) is 0 Å². The summed E-state index contributed by atoms with van der Waals surface area (Å²) in [5.41, 5.74) is 7.29. The molecule has 0 aliphatic carbocycles. The maximum absolute atomic E-state index is 13.6. The van der Waals surface area contributed by atoms with Crippen LogP contribution in [0.15, 0.2) is 18.2 Å². The van der Waals surface area contributed by atoms with Crippen molar-refractivity contribution in [2.24, 2.45) is 11.7 Å². The van der Waals surface area contributed by atoms with Crippen molar-refractivity contribution < 1.29 is 14.0 Å². The number of piperidine rings is 2. The van der Waals surface area contributed by atoms with Gasteiger partial charge in [0.1, 0.15) is 5.82 Å². The van der Waals surface area contributed by atoms with E-state index in [9.17, 15) is 14.0 Å². The van der Waals surface area contributed by atoms with Crippen LogP contribution in [-0.2, 0) is 4.79 Å². The molecule has 0 aromatic heterocycles. The van der Waals surface area contributed by atoms with E-state index in [4.69, 9.17) is 5.73 Å². The van der Waals surface area contributed by atoms with Gasteiger partial charge >= 0.3 is 6.03 Å². The van der Waals surface area contributed by atoms with Crippen molar-refractivity contribution in [3.63, 3.8) is 0 Å². The van der Waals surface area contributed by atoms with E-state index < -0.39 is 6.03 Å². The van der Waals surface area contributed by atoms with Gasteiger partial charge in [0, 0.05) is 25.2 Å². The number of fused-ring (bicyclic) bond motifs is 2. The lowest BCUT2D eigenvalue weighted by atomic mass is 9.83. The second-order valence-electron chi connectivity index (χ2n) is 8.43. The summed E-state index contributed by atoms with van der Waals surface area (Å²) in [6, 6.07) is 5.51. The quantitative estimate of drug-likeness (QED) is 0.865. The number of amides is 3. The van der Waals surface area contributed by atoms with Crippen LogP contribution >= 0.6 is 0 Å². The first-order valence-corrected chi connectivity index (χ1v) is 10.1. The maximum atomic E-state index is 13.6. The van der Waals surface area contributed by atoms with Crippen LogP contribution in [0.2, 0.25) is 0 Å². The predicted octanol–water partition coefficient (Wildman–Crippen LogP) is 3.16. The Morgan fingerprint density at radius 2 is 1.85 bits per heavy atom. The Hall–Kier alpha value is -2.11. The molecule has 2 bridgehead atoms. The molecule has 146 valence electrons. The van der Waals surface area contributed by atoms with Gasteiger partial charge in [-0.3, -0.25) is 4.79 Å². The molecule has 5 nitrogen and oxygen atoms in total. The van der Waals surface area contributed by atoms with Gasteiger partial charge in [0.05, 0.1) is 5.92 Å². The van der Waals surface area contributed by atoms with Crippen LogP contribution < -0.4 is 5.73 Å². The second-order valence-corrected chi connectivity index (χ2v) is 8.43. The number of carbonyl (C=O) groups is 2. The lowest BCUT2D eigenvalue weighted by Gasteiger charge is -2.42. The van der Waals surface area contributed by atoms with Crippen molar-refractivity contribution in [2.45, 2.75) is 63.5 Å². The summed E-state index contributed by atoms with van der Waals surface area (Å²) in [5, 5.41) is 0. The Labute approximate surface area is 159 Å². The molecule has 3 aliphatic rings. The zero-order valence-corrected chi connectivity index (χ0v) is 15.9. The van der Waals surface area contributed by atoms with E-state index >= 15 is 0 Å². The summed E-state index contributed by atoms with van der Waals surface area (Å²) in [6.07, 6.45) is 5.64. The van der Waals surface area contributed by atoms with E-state index in [0.29, 0.717) is 24.6 Å². The summed E-state index contributed by atoms with van der Waals surface area (Å²) in [7, 11) is 0. The molecule has 0 spiro atoms. The number of hydrogen-bond donors (Lipinski definition) is 1. The van der Waals surface area contributed by atoms with Crippen LogP contribution in [0, 0.1) is 18.7 Å². The Kier molecular flexibility index (Phi) is 4.82. The van der Waals surface area contributed by atoms with Crippen LogP contribution in [0.3, 0.4) is 0 Å². The third-order valence-electron chi connectivity index (χ3n) is 6.72. The molecule has 3 saturated heterocycles. The van der Waals surface area contributed by atoms with Gasteiger partial charge in [0.25, 0.3) is 0 Å². The van der Waals surface area contributed by atoms with Crippen LogP contribution in [0.25, 0.3) is 0 Å². The minimum Gasteiger partial charge on any atom is -0.351 e. The second kappa shape index (κ2) is 7.13. The zero-order chi connectivity index (χ0) is 19.1. The number of nitrogens with zero attached hydrogens (tertiary/aromatic N) is 2. The number of rotatable bonds is 2. The molecule has 1 aromatic rings. The lowest BCUT2D eigenvalue weighted by molar-refractivity contribution is -0.141. The number of carbonyl (C=O) groups excluding carboxylic acids is 2. The number of urea groups is 1. The molecule has 27 heavy (non-hydrogen) atoms. The molecular weight excluding hydrogens is 345 g/mol. The number of primary amides is 1. The van der Waals surface area contributed by atoms with E-state index in [-0.39, 0.29) is 29.7 Å². The highest BCUT2D eigenvalue weighted by Gasteiger charge is 2.45. The molecule has 2 N–H and O–H groups in total. The summed E-state index contributed by atoms with van der Waals surface area (Å²) in [5.74, 6) is 0.297. The van der Waals surface area contributed by atoms with E-state index in [1.807, 2.05) is 12.1 Å². The molecule has 3 heterocycles. The SMILES string of the molecule is Cc1cc(C2C[C@H]3CC[C@@H](C2)N3C(=O)C2CCCN(C(N)=O)C2)ccc1F. The Morgan fingerprint density at radius 3 is 2.48 bits per heavy atom. The average Bonchev–Trinajstić information content (AvgIpc) is 2.92. The molecule has 6 heteroatoms. The van der Waals surface area contributed by atoms with Crippen molar-refractivity contribution in [1.82, 2.24) is 9.80 Å². The van der Waals surface area contributed by atoms with Gasteiger partial charge in [-0.2, -0.15) is 0 Å². The summed E-state index contributed by atoms with van der Waals surface area (Å²) < 4.78 is 13.6. The van der Waals surface area contributed by atoms with Gasteiger partial charge in [-0.1, -0.05) is 12.1 Å². The number of aryl methyl sites for hydroxylation is 1. The van der Waals surface area contributed by atoms with Gasteiger partial charge in [-0.25, -0.2) is 9.18 Å². The van der Waals surface area contributed by atoms with Crippen LogP contribution in [0.1, 0.15) is 55.6 Å². The van der Waals surface area contributed by atoms with E-state index in [0.717, 1.165) is 38.5 Å². The van der Waals surface area contributed by atoms with E-state index in [1.54, 1.807) is 17.9 Å². The Bertz CT molecular complexity index is 739. The molecule has 3 aliphatic heterocycles. The number of hydrogen-bond acceptors (Lipinski definition) is 2. The summed E-state index contributed by atoms with van der Waals surface area (Å²) in [4.78, 5) is 28.4. The molecule has 3 fully saturated rings. The normalized spacial score (nSPS) is 30.4. The van der Waals surface area contributed by atoms with Crippen LogP contribution in [-0.4, -0.2) is 46.9 Å². The highest BCUT2D eigenvalue weighted by Crippen LogP contribution is 2.44. The molecular formula is C21H28FN3O2. The first-order chi connectivity index (χ1) is 12.9. The number of benzene rings is 1. The minimum absolute atomic E-state index is 0.126. The first-order valence-electron chi connectivity index (χ1n) is 10.1. The molecule has 4 rings (SSSR count). The molecule has 0 radical (unpaired) electrons. The predicted molar refractivity (Wildman–Crippen MR) is 101 cm³/mol. The molecule has 1 aromatic carbocycles. The van der Waals surface area contributed by atoms with Gasteiger partial charge in [0.15, 0.2) is 0 Å². The molecule has 4 atom stereocenters. The van der Waals surface area contributed by atoms with E-state index in [1.165, 1.54) is 5.56 Å². The highest BCUT2D eigenvalue weighted by molar-refractivity contribution is 5.81. The summed E-state index contributed by atoms with van der Waals surface area (Å²) in [6.45, 7) is 2.91. The van der Waals surface area contributed by atoms with Crippen LogP contribution in [0.5, 0.6) is 0 Å². The lowest BCUT2D eigenvalue weighted by Crippen LogP contribution is -2.53. The number of likely N-dealkylation sites (tertiary alicyclic amines) is 1. The van der Waals surface area contributed by atoms with Gasteiger partial charge in [-0.05, 0) is 68.6 Å². The fourth-order valence-electron chi connectivity index (χ4n) is 5.32. The zero-order valence-electron chi connectivity index (χ0n) is 15.9. The third kappa shape index (κ3) is 3.42. The molecule has 0 saturated carbocycles. The topological polar surface area (TPSA) is 66.6 Å². The fraction of sp³-hybridized carbons (Fsp3) is 0.619. The van der Waals surface area contributed by atoms with Gasteiger partial charge < -0.3 is 15.5 Å². The largest absolute Gasteiger partial charge is 0.351 e. The third-order valence-corrected chi connectivity index (χ3v) is 6.72. The highest BCUT2D eigenvalue weighted by atomic mass is 19.1. The van der Waals surface area contributed by atoms with Crippen LogP contribution in [0.4, 0.5) is 9.18 Å². The minimum atomic E-state index is -0.430.